The molecule has 2 aliphatic rings. The number of amides is 5. The van der Waals surface area contributed by atoms with E-state index in [1.165, 1.54) is 4.90 Å². The van der Waals surface area contributed by atoms with Crippen LogP contribution >= 0.6 is 0 Å². The number of aryl methyl sites for hydroxylation is 1. The van der Waals surface area contributed by atoms with E-state index in [2.05, 4.69) is 16.0 Å². The molecule has 1 heterocycles. The third kappa shape index (κ3) is 14.2. The van der Waals surface area contributed by atoms with E-state index in [9.17, 15) is 38.7 Å². The van der Waals surface area contributed by atoms with Crippen LogP contribution in [0.25, 0.3) is 0 Å². The second-order valence-corrected chi connectivity index (χ2v) is 21.5. The second kappa shape index (κ2) is 23.6. The lowest BCUT2D eigenvalue weighted by molar-refractivity contribution is -0.155. The van der Waals surface area contributed by atoms with E-state index >= 15 is 0 Å². The third-order valence-corrected chi connectivity index (χ3v) is 13.9. The van der Waals surface area contributed by atoms with E-state index < -0.39 is 76.7 Å². The molecule has 1 aliphatic carbocycles. The highest BCUT2D eigenvalue weighted by atomic mass is 16.4. The molecule has 0 bridgehead atoms. The van der Waals surface area contributed by atoms with E-state index in [4.69, 9.17) is 0 Å². The first-order valence-electron chi connectivity index (χ1n) is 24.3. The monoisotopic (exact) mass is 914 g/mol. The van der Waals surface area contributed by atoms with Gasteiger partial charge in [-0.3, -0.25) is 33.6 Å². The minimum Gasteiger partial charge on any atom is -0.481 e. The van der Waals surface area contributed by atoms with Gasteiger partial charge in [-0.25, -0.2) is 0 Å². The Morgan fingerprint density at radius 3 is 1.77 bits per heavy atom. The predicted octanol–water partition coefficient (Wildman–Crippen LogP) is 7.15. The van der Waals surface area contributed by atoms with Crippen molar-refractivity contribution in [3.05, 3.63) is 71.8 Å². The summed E-state index contributed by atoms with van der Waals surface area (Å²) in [5.74, 6) is -6.14. The van der Waals surface area contributed by atoms with Gasteiger partial charge in [-0.05, 0) is 79.2 Å². The minimum absolute atomic E-state index is 0.176. The molecule has 2 fully saturated rings. The number of Topliss-reactive ketones (excluding diaryl/α,β-unsaturated/α-hetero) is 1. The van der Waals surface area contributed by atoms with Gasteiger partial charge < -0.3 is 30.9 Å². The van der Waals surface area contributed by atoms with Crippen LogP contribution < -0.4 is 16.0 Å². The maximum Gasteiger partial charge on any atom is 0.312 e. The molecule has 13 heteroatoms. The molecule has 1 unspecified atom stereocenters. The number of carboxylic acid groups (broad SMARTS) is 1. The van der Waals surface area contributed by atoms with Crippen LogP contribution in [0.2, 0.25) is 0 Å². The van der Waals surface area contributed by atoms with Crippen LogP contribution in [-0.4, -0.2) is 100 Å². The molecule has 5 amide bonds. The molecule has 0 aromatic heterocycles. The van der Waals surface area contributed by atoms with Gasteiger partial charge in [0.2, 0.25) is 29.5 Å². The van der Waals surface area contributed by atoms with Crippen LogP contribution in [0.5, 0.6) is 0 Å². The molecule has 1 saturated heterocycles. The van der Waals surface area contributed by atoms with Crippen LogP contribution in [0.1, 0.15) is 138 Å². The second-order valence-electron chi connectivity index (χ2n) is 21.5. The molecule has 66 heavy (non-hydrogen) atoms. The van der Waals surface area contributed by atoms with Gasteiger partial charge in [-0.1, -0.05) is 136 Å². The van der Waals surface area contributed by atoms with Crippen LogP contribution in [0.15, 0.2) is 60.7 Å². The summed E-state index contributed by atoms with van der Waals surface area (Å²) in [5.41, 5.74) is -0.704. The molecule has 1 aliphatic heterocycles. The van der Waals surface area contributed by atoms with E-state index in [0.29, 0.717) is 51.6 Å². The van der Waals surface area contributed by atoms with E-state index in [0.717, 1.165) is 24.0 Å². The van der Waals surface area contributed by atoms with Crippen molar-refractivity contribution in [2.75, 3.05) is 20.1 Å². The fourth-order valence-corrected chi connectivity index (χ4v) is 10.0. The highest BCUT2D eigenvalue weighted by Gasteiger charge is 2.53. The number of ketones is 1. The normalized spacial score (nSPS) is 17.8. The molecule has 364 valence electrons. The quantitative estimate of drug-likeness (QED) is 0.0961. The van der Waals surface area contributed by atoms with Crippen LogP contribution in [0, 0.1) is 34.0 Å². The average Bonchev–Trinajstić information content (AvgIpc) is 3.99. The maximum atomic E-state index is 14.7. The summed E-state index contributed by atoms with van der Waals surface area (Å²) in [6, 6.07) is 15.9. The lowest BCUT2D eigenvalue weighted by atomic mass is 9.76. The molecule has 6 atom stereocenters. The molecular formula is C53H79N5O8. The molecule has 2 aromatic rings. The fourth-order valence-electron chi connectivity index (χ4n) is 10.0. The van der Waals surface area contributed by atoms with Crippen molar-refractivity contribution < 1.29 is 38.7 Å². The van der Waals surface area contributed by atoms with E-state index in [-0.39, 0.29) is 48.5 Å². The molecule has 1 saturated carbocycles. The number of rotatable bonds is 22. The Kier molecular flexibility index (Phi) is 19.1. The minimum atomic E-state index is -1.58. The first-order chi connectivity index (χ1) is 31.0. The molecule has 0 radical (unpaired) electrons. The van der Waals surface area contributed by atoms with Gasteiger partial charge in [-0.2, -0.15) is 0 Å². The summed E-state index contributed by atoms with van der Waals surface area (Å²) in [7, 11) is 1.64. The molecule has 0 spiro atoms. The van der Waals surface area contributed by atoms with Crippen molar-refractivity contribution in [2.24, 2.45) is 34.0 Å². The van der Waals surface area contributed by atoms with Gasteiger partial charge in [0.25, 0.3) is 0 Å². The summed E-state index contributed by atoms with van der Waals surface area (Å²) in [6.07, 6.45) is 4.58. The summed E-state index contributed by atoms with van der Waals surface area (Å²) in [6.45, 7) is 18.0. The smallest absolute Gasteiger partial charge is 0.312 e. The van der Waals surface area contributed by atoms with Gasteiger partial charge >= 0.3 is 5.97 Å². The average molecular weight is 914 g/mol. The highest BCUT2D eigenvalue weighted by molar-refractivity contribution is 5.99. The van der Waals surface area contributed by atoms with E-state index in [1.807, 2.05) is 102 Å². The molecule has 13 nitrogen and oxygen atoms in total. The number of nitrogens with one attached hydrogen (secondary N) is 3. The number of aliphatic carboxylic acids is 1. The van der Waals surface area contributed by atoms with Gasteiger partial charge in [0.15, 0.2) is 5.78 Å². The van der Waals surface area contributed by atoms with Crippen molar-refractivity contribution in [1.29, 1.82) is 0 Å². The van der Waals surface area contributed by atoms with Crippen molar-refractivity contribution in [2.45, 2.75) is 164 Å². The first kappa shape index (κ1) is 53.5. The number of hydrogen-bond donors (Lipinski definition) is 4. The Labute approximate surface area is 394 Å². The SMILES string of the molecule is CC[C@@H](NC(=O)[C@@H](NC(=O)[C@@H](CC(=O)[C@@H](NC(=O)[C@H](C(C)C)N(C)C(=O)C(CCc1ccccc1)Cc1ccccc1)C(C)(C)C)CC(=O)N1CCCC1)C1(C(=O)O)CCCC1)C(C)(C)C. The van der Waals surface area contributed by atoms with E-state index in [1.54, 1.807) is 32.7 Å². The molecular weight excluding hydrogens is 835 g/mol. The summed E-state index contributed by atoms with van der Waals surface area (Å²) < 4.78 is 0. The molecule has 4 rings (SSSR count). The number of likely N-dealkylation sites (tertiary alicyclic amines) is 1. The standard InChI is InChI=1S/C53H79N5O8/c1-11-41(51(4,5)6)54-48(63)45(53(50(65)66)28-18-19-29-53)56-46(61)39(34-42(60)58-30-20-21-31-58)33-40(59)44(52(7,8)9)55-47(62)43(35(2)3)57(10)49(64)38(32-37-24-16-13-17-25-37)27-26-36-22-14-12-15-23-36/h12-17,22-25,35,38-39,41,43-45H,11,18-21,26-34H2,1-10H3,(H,54,63)(H,55,62)(H,56,61)(H,65,66)/t38?,39-,41+,43-,44+,45+/m0/s1. The topological polar surface area (TPSA) is 182 Å². The zero-order valence-corrected chi connectivity index (χ0v) is 41.4. The number of nitrogens with zero attached hydrogens (tertiary/aromatic N) is 2. The van der Waals surface area contributed by atoms with Gasteiger partial charge in [0.05, 0.1) is 17.4 Å². The Bertz CT molecular complexity index is 1960. The number of carbonyl (C=O) groups excluding carboxylic acids is 6. The van der Waals surface area contributed by atoms with Gasteiger partial charge in [0.1, 0.15) is 12.1 Å². The number of carbonyl (C=O) groups is 7. The Hall–Kier alpha value is -5.07. The lowest BCUT2D eigenvalue weighted by Crippen LogP contribution is -2.61. The maximum absolute atomic E-state index is 14.7. The number of carboxylic acids is 1. The molecule has 4 N–H and O–H groups in total. The predicted molar refractivity (Wildman–Crippen MR) is 257 cm³/mol. The largest absolute Gasteiger partial charge is 0.481 e. The number of hydrogen-bond acceptors (Lipinski definition) is 7. The summed E-state index contributed by atoms with van der Waals surface area (Å²) >= 11 is 0. The molecule has 2 aromatic carbocycles. The fraction of sp³-hybridized carbons (Fsp3) is 0.642. The highest BCUT2D eigenvalue weighted by Crippen LogP contribution is 2.42. The van der Waals surface area contributed by atoms with Crippen LogP contribution in [-0.2, 0) is 46.4 Å². The zero-order chi connectivity index (χ0) is 49.0. The van der Waals surface area contributed by atoms with Gasteiger partial charge in [-0.15, -0.1) is 0 Å². The Morgan fingerprint density at radius 2 is 1.27 bits per heavy atom. The van der Waals surface area contributed by atoms with Gasteiger partial charge in [0, 0.05) is 44.9 Å². The van der Waals surface area contributed by atoms with Crippen molar-refractivity contribution in [1.82, 2.24) is 25.8 Å². The zero-order valence-electron chi connectivity index (χ0n) is 41.4. The van der Waals surface area contributed by atoms with Crippen molar-refractivity contribution in [3.63, 3.8) is 0 Å². The lowest BCUT2D eigenvalue weighted by Gasteiger charge is -2.38. The van der Waals surface area contributed by atoms with Crippen LogP contribution in [0.4, 0.5) is 0 Å². The number of likely N-dealkylation sites (N-methyl/N-ethyl adjacent to an activating group) is 1. The van der Waals surface area contributed by atoms with Crippen LogP contribution in [0.3, 0.4) is 0 Å². The van der Waals surface area contributed by atoms with Crippen molar-refractivity contribution >= 4 is 41.3 Å². The van der Waals surface area contributed by atoms with Crippen molar-refractivity contribution in [3.8, 4) is 0 Å². The Balaban J connectivity index is 1.63. The Morgan fingerprint density at radius 1 is 0.712 bits per heavy atom. The number of benzene rings is 2. The first-order valence-corrected chi connectivity index (χ1v) is 24.3. The summed E-state index contributed by atoms with van der Waals surface area (Å²) in [5, 5.41) is 19.5. The summed E-state index contributed by atoms with van der Waals surface area (Å²) in [4.78, 5) is 103. The third-order valence-electron chi connectivity index (χ3n) is 13.9.